The van der Waals surface area contributed by atoms with Crippen LogP contribution in [-0.4, -0.2) is 32.3 Å². The monoisotopic (exact) mass is 623 g/mol. The largest absolute Gasteiger partial charge is 0.342 e. The van der Waals surface area contributed by atoms with Gasteiger partial charge >= 0.3 is 0 Å². The highest BCUT2D eigenvalue weighted by atomic mass is 127. The maximum absolute atomic E-state index is 12.7. The summed E-state index contributed by atoms with van der Waals surface area (Å²) in [6, 6.07) is 12.2. The van der Waals surface area contributed by atoms with E-state index in [4.69, 9.17) is 11.6 Å². The third-order valence-electron chi connectivity index (χ3n) is 5.14. The fourth-order valence-electron chi connectivity index (χ4n) is 3.42. The number of halogens is 2. The van der Waals surface area contributed by atoms with E-state index in [1.807, 2.05) is 23.6 Å². The molecule has 0 bridgehead atoms. The van der Waals surface area contributed by atoms with Crippen LogP contribution in [0, 0.1) is 3.57 Å². The molecule has 0 radical (unpaired) electrons. The summed E-state index contributed by atoms with van der Waals surface area (Å²) in [5, 5.41) is 15.6. The summed E-state index contributed by atoms with van der Waals surface area (Å²) in [7, 11) is 0. The van der Waals surface area contributed by atoms with E-state index in [0.29, 0.717) is 28.1 Å². The molecule has 184 valence electrons. The van der Waals surface area contributed by atoms with Crippen LogP contribution in [0.4, 0.5) is 5.69 Å². The van der Waals surface area contributed by atoms with Gasteiger partial charge in [-0.2, -0.15) is 0 Å². The predicted molar refractivity (Wildman–Crippen MR) is 150 cm³/mol. The van der Waals surface area contributed by atoms with Crippen molar-refractivity contribution in [2.24, 2.45) is 0 Å². The second kappa shape index (κ2) is 12.5. The van der Waals surface area contributed by atoms with Gasteiger partial charge in [0.05, 0.1) is 11.8 Å². The molecule has 0 aliphatic heterocycles. The van der Waals surface area contributed by atoms with E-state index in [1.54, 1.807) is 30.3 Å². The maximum atomic E-state index is 12.7. The number of hydrogen-bond donors (Lipinski definition) is 2. The molecule has 1 heterocycles. The zero-order valence-electron chi connectivity index (χ0n) is 19.7. The third-order valence-corrected chi connectivity index (χ3v) is 7.03. The van der Waals surface area contributed by atoms with Gasteiger partial charge in [-0.15, -0.1) is 16.8 Å². The lowest BCUT2D eigenvalue weighted by Crippen LogP contribution is -2.28. The van der Waals surface area contributed by atoms with E-state index in [-0.39, 0.29) is 23.5 Å². The SMILES string of the molecule is C=CCn1c(SCC(=O)Nc2ccc(I)cc2C(C)C)nnc1[C@H](C)NC(=O)c1ccc(Cl)cc1. The zero-order chi connectivity index (χ0) is 25.5. The Morgan fingerprint density at radius 2 is 1.89 bits per heavy atom. The first-order valence-corrected chi connectivity index (χ1v) is 13.5. The van der Waals surface area contributed by atoms with Crippen molar-refractivity contribution in [1.82, 2.24) is 20.1 Å². The minimum atomic E-state index is -0.408. The summed E-state index contributed by atoms with van der Waals surface area (Å²) >= 11 is 9.46. The van der Waals surface area contributed by atoms with Gasteiger partial charge in [-0.05, 0) is 83.5 Å². The van der Waals surface area contributed by atoms with Crippen LogP contribution in [0.5, 0.6) is 0 Å². The van der Waals surface area contributed by atoms with E-state index in [9.17, 15) is 9.59 Å². The highest BCUT2D eigenvalue weighted by molar-refractivity contribution is 14.1. The Bertz CT molecular complexity index is 1210. The van der Waals surface area contributed by atoms with Crippen molar-refractivity contribution in [1.29, 1.82) is 0 Å². The molecule has 1 aromatic heterocycles. The van der Waals surface area contributed by atoms with Crippen LogP contribution < -0.4 is 10.6 Å². The van der Waals surface area contributed by atoms with Gasteiger partial charge in [0.2, 0.25) is 5.91 Å². The van der Waals surface area contributed by atoms with Crippen molar-refractivity contribution in [2.75, 3.05) is 11.1 Å². The Balaban J connectivity index is 1.68. The molecule has 10 heteroatoms. The van der Waals surface area contributed by atoms with Gasteiger partial charge in [-0.25, -0.2) is 0 Å². The molecule has 3 aromatic rings. The number of thioether (sulfide) groups is 1. The number of carbonyl (C=O) groups excluding carboxylic acids is 2. The first-order chi connectivity index (χ1) is 16.7. The summed E-state index contributed by atoms with van der Waals surface area (Å²) in [5.74, 6) is 0.668. The number of amides is 2. The minimum absolute atomic E-state index is 0.128. The van der Waals surface area contributed by atoms with Crippen LogP contribution >= 0.6 is 46.0 Å². The van der Waals surface area contributed by atoms with Gasteiger partial charge in [0.15, 0.2) is 11.0 Å². The molecular weight excluding hydrogens is 597 g/mol. The van der Waals surface area contributed by atoms with Gasteiger partial charge < -0.3 is 15.2 Å². The molecule has 0 unspecified atom stereocenters. The topological polar surface area (TPSA) is 88.9 Å². The Hall–Kier alpha value is -2.37. The molecular formula is C25H27ClIN5O2S. The van der Waals surface area contributed by atoms with Crippen LogP contribution in [0.25, 0.3) is 0 Å². The first-order valence-electron chi connectivity index (χ1n) is 11.0. The van der Waals surface area contributed by atoms with Crippen molar-refractivity contribution >= 4 is 63.5 Å². The van der Waals surface area contributed by atoms with Crippen LogP contribution in [0.3, 0.4) is 0 Å². The number of nitrogens with zero attached hydrogens (tertiary/aromatic N) is 3. The molecule has 0 saturated heterocycles. The second-order valence-electron chi connectivity index (χ2n) is 8.17. The third kappa shape index (κ3) is 7.31. The molecule has 2 amide bonds. The summed E-state index contributed by atoms with van der Waals surface area (Å²) in [4.78, 5) is 25.3. The van der Waals surface area contributed by atoms with E-state index in [0.717, 1.165) is 14.8 Å². The lowest BCUT2D eigenvalue weighted by molar-refractivity contribution is -0.113. The van der Waals surface area contributed by atoms with Crippen molar-refractivity contribution in [3.8, 4) is 0 Å². The van der Waals surface area contributed by atoms with Crippen LogP contribution in [0.1, 0.15) is 54.5 Å². The van der Waals surface area contributed by atoms with Crippen molar-refractivity contribution in [3.05, 3.63) is 80.7 Å². The van der Waals surface area contributed by atoms with Crippen molar-refractivity contribution in [3.63, 3.8) is 0 Å². The average Bonchev–Trinajstić information content (AvgIpc) is 3.22. The Morgan fingerprint density at radius 3 is 2.54 bits per heavy atom. The van der Waals surface area contributed by atoms with Crippen LogP contribution in [-0.2, 0) is 11.3 Å². The molecule has 0 aliphatic rings. The molecule has 0 aliphatic carbocycles. The Kier molecular flexibility index (Phi) is 9.76. The number of aromatic nitrogens is 3. The number of carbonyl (C=O) groups is 2. The second-order valence-corrected chi connectivity index (χ2v) is 10.8. The summed E-state index contributed by atoms with van der Waals surface area (Å²) < 4.78 is 2.98. The minimum Gasteiger partial charge on any atom is -0.342 e. The number of allylic oxidation sites excluding steroid dienone is 1. The first kappa shape index (κ1) is 27.2. The summed E-state index contributed by atoms with van der Waals surface area (Å²) in [6.07, 6.45) is 1.73. The summed E-state index contributed by atoms with van der Waals surface area (Å²) in [5.41, 5.74) is 2.41. The lowest BCUT2D eigenvalue weighted by atomic mass is 10.0. The van der Waals surface area contributed by atoms with Gasteiger partial charge in [0.25, 0.3) is 5.91 Å². The smallest absolute Gasteiger partial charge is 0.251 e. The van der Waals surface area contributed by atoms with Crippen molar-refractivity contribution in [2.45, 2.75) is 44.4 Å². The Labute approximate surface area is 228 Å². The normalized spacial score (nSPS) is 11.8. The quantitative estimate of drug-likeness (QED) is 0.163. The fourth-order valence-corrected chi connectivity index (χ4v) is 4.81. The number of benzene rings is 2. The molecule has 0 fully saturated rings. The fraction of sp³-hybridized carbons (Fsp3) is 0.280. The van der Waals surface area contributed by atoms with E-state index < -0.39 is 6.04 Å². The summed E-state index contributed by atoms with van der Waals surface area (Å²) in [6.45, 7) is 10.3. The molecule has 7 nitrogen and oxygen atoms in total. The highest BCUT2D eigenvalue weighted by Crippen LogP contribution is 2.27. The molecule has 1 atom stereocenters. The lowest BCUT2D eigenvalue weighted by Gasteiger charge is -2.16. The van der Waals surface area contributed by atoms with Gasteiger partial charge in [-0.1, -0.05) is 43.3 Å². The maximum Gasteiger partial charge on any atom is 0.251 e. The molecule has 0 saturated carbocycles. The standard InChI is InChI=1S/C25H27ClIN5O2S/c1-5-12-32-23(16(4)28-24(34)17-6-8-18(26)9-7-17)30-31-25(32)35-14-22(33)29-21-11-10-19(27)13-20(21)15(2)3/h5-11,13,15-16H,1,12,14H2,2-4H3,(H,28,34)(H,29,33)/t16-/m0/s1. The van der Waals surface area contributed by atoms with Crippen LogP contribution in [0.2, 0.25) is 5.02 Å². The van der Waals surface area contributed by atoms with Gasteiger partial charge in [-0.3, -0.25) is 9.59 Å². The average molecular weight is 624 g/mol. The molecule has 35 heavy (non-hydrogen) atoms. The number of nitrogens with one attached hydrogen (secondary N) is 2. The Morgan fingerprint density at radius 1 is 1.17 bits per heavy atom. The highest BCUT2D eigenvalue weighted by Gasteiger charge is 2.21. The number of rotatable bonds is 10. The van der Waals surface area contributed by atoms with Crippen molar-refractivity contribution < 1.29 is 9.59 Å². The molecule has 2 N–H and O–H groups in total. The zero-order valence-corrected chi connectivity index (χ0v) is 23.4. The van der Waals surface area contributed by atoms with E-state index >= 15 is 0 Å². The molecule has 3 rings (SSSR count). The predicted octanol–water partition coefficient (Wildman–Crippen LogP) is 6.07. The van der Waals surface area contributed by atoms with E-state index in [2.05, 4.69) is 69.9 Å². The number of hydrogen-bond acceptors (Lipinski definition) is 5. The van der Waals surface area contributed by atoms with E-state index in [1.165, 1.54) is 11.8 Å². The number of anilines is 1. The van der Waals surface area contributed by atoms with Crippen LogP contribution in [0.15, 0.2) is 60.3 Å². The molecule has 0 spiro atoms. The van der Waals surface area contributed by atoms with Gasteiger partial charge in [0, 0.05) is 26.4 Å². The van der Waals surface area contributed by atoms with Gasteiger partial charge in [0.1, 0.15) is 0 Å². The molecule has 2 aromatic carbocycles.